The van der Waals surface area contributed by atoms with E-state index in [0.717, 1.165) is 29.1 Å². The maximum atomic E-state index is 12.3. The Morgan fingerprint density at radius 1 is 1.00 bits per heavy atom. The fourth-order valence-corrected chi connectivity index (χ4v) is 3.89. The third-order valence-corrected chi connectivity index (χ3v) is 5.86. The SMILES string of the molecule is Cc1ccc(NC(=O)c2nnc(CCCC(=O)NC(C)CCc3ccccc3)s2)cc1. The van der Waals surface area contributed by atoms with E-state index in [2.05, 4.69) is 33.0 Å². The number of hydrogen-bond acceptors (Lipinski definition) is 5. The zero-order chi connectivity index (χ0) is 22.1. The van der Waals surface area contributed by atoms with Gasteiger partial charge >= 0.3 is 0 Å². The van der Waals surface area contributed by atoms with Gasteiger partial charge in [0.2, 0.25) is 10.9 Å². The van der Waals surface area contributed by atoms with E-state index in [4.69, 9.17) is 0 Å². The lowest BCUT2D eigenvalue weighted by molar-refractivity contribution is -0.121. The van der Waals surface area contributed by atoms with Crippen LogP contribution in [0, 0.1) is 6.92 Å². The van der Waals surface area contributed by atoms with Crippen LogP contribution in [0.25, 0.3) is 0 Å². The lowest BCUT2D eigenvalue weighted by Gasteiger charge is -2.13. The number of amides is 2. The predicted octanol–water partition coefficient (Wildman–Crippen LogP) is 4.56. The minimum absolute atomic E-state index is 0.0439. The second-order valence-electron chi connectivity index (χ2n) is 7.67. The molecule has 0 saturated carbocycles. The molecule has 0 bridgehead atoms. The molecule has 0 fully saturated rings. The number of hydrogen-bond donors (Lipinski definition) is 2. The molecule has 3 aromatic rings. The average molecular weight is 437 g/mol. The summed E-state index contributed by atoms with van der Waals surface area (Å²) in [5, 5.41) is 15.0. The van der Waals surface area contributed by atoms with Gasteiger partial charge in [-0.05, 0) is 50.8 Å². The molecule has 31 heavy (non-hydrogen) atoms. The van der Waals surface area contributed by atoms with Crippen LogP contribution in [-0.2, 0) is 17.6 Å². The molecule has 2 aromatic carbocycles. The van der Waals surface area contributed by atoms with E-state index in [-0.39, 0.29) is 17.9 Å². The molecule has 162 valence electrons. The summed E-state index contributed by atoms with van der Waals surface area (Å²) < 4.78 is 0. The van der Waals surface area contributed by atoms with E-state index in [1.165, 1.54) is 16.9 Å². The molecule has 0 aliphatic carbocycles. The van der Waals surface area contributed by atoms with Gasteiger partial charge < -0.3 is 10.6 Å². The summed E-state index contributed by atoms with van der Waals surface area (Å²) in [5.41, 5.74) is 3.14. The van der Waals surface area contributed by atoms with Gasteiger partial charge in [0, 0.05) is 24.6 Å². The van der Waals surface area contributed by atoms with Crippen LogP contribution in [0.4, 0.5) is 5.69 Å². The largest absolute Gasteiger partial charge is 0.354 e. The van der Waals surface area contributed by atoms with E-state index in [1.807, 2.05) is 56.3 Å². The second kappa shape index (κ2) is 11.4. The van der Waals surface area contributed by atoms with Crippen molar-refractivity contribution >= 4 is 28.8 Å². The quantitative estimate of drug-likeness (QED) is 0.488. The topological polar surface area (TPSA) is 84.0 Å². The van der Waals surface area contributed by atoms with Gasteiger partial charge in [-0.3, -0.25) is 9.59 Å². The Morgan fingerprint density at radius 3 is 2.48 bits per heavy atom. The highest BCUT2D eigenvalue weighted by Gasteiger charge is 2.14. The molecule has 3 rings (SSSR count). The van der Waals surface area contributed by atoms with Crippen molar-refractivity contribution in [3.05, 3.63) is 75.7 Å². The number of aromatic nitrogens is 2. The Hall–Kier alpha value is -3.06. The molecule has 0 spiro atoms. The van der Waals surface area contributed by atoms with Crippen molar-refractivity contribution in [1.29, 1.82) is 0 Å². The summed E-state index contributed by atoms with van der Waals surface area (Å²) in [7, 11) is 0. The van der Waals surface area contributed by atoms with Crippen LogP contribution in [0.15, 0.2) is 54.6 Å². The summed E-state index contributed by atoms with van der Waals surface area (Å²) in [5.74, 6) is -0.222. The molecule has 0 aliphatic rings. The molecule has 7 heteroatoms. The number of nitrogens with zero attached hydrogens (tertiary/aromatic N) is 2. The zero-order valence-corrected chi connectivity index (χ0v) is 18.7. The number of rotatable bonds is 10. The van der Waals surface area contributed by atoms with Gasteiger partial charge in [0.05, 0.1) is 0 Å². The highest BCUT2D eigenvalue weighted by Crippen LogP contribution is 2.16. The standard InChI is InChI=1S/C24H28N4O2S/c1-17-11-15-20(16-12-17)26-23(30)24-28-27-22(31-24)10-6-9-21(29)25-18(2)13-14-19-7-4-3-5-8-19/h3-5,7-8,11-12,15-16,18H,6,9-10,13-14H2,1-2H3,(H,25,29)(H,26,30). The Bertz CT molecular complexity index is 986. The molecule has 2 N–H and O–H groups in total. The highest BCUT2D eigenvalue weighted by molar-refractivity contribution is 7.13. The maximum absolute atomic E-state index is 12.3. The van der Waals surface area contributed by atoms with Gasteiger partial charge in [-0.15, -0.1) is 10.2 Å². The molecule has 0 aliphatic heterocycles. The van der Waals surface area contributed by atoms with Crippen LogP contribution >= 0.6 is 11.3 Å². The van der Waals surface area contributed by atoms with E-state index in [9.17, 15) is 9.59 Å². The summed E-state index contributed by atoms with van der Waals surface area (Å²) in [6, 6.07) is 18.0. The van der Waals surface area contributed by atoms with E-state index >= 15 is 0 Å². The van der Waals surface area contributed by atoms with Gasteiger partial charge in [0.25, 0.3) is 5.91 Å². The fourth-order valence-electron chi connectivity index (χ4n) is 3.12. The zero-order valence-electron chi connectivity index (χ0n) is 17.9. The van der Waals surface area contributed by atoms with Gasteiger partial charge in [-0.2, -0.15) is 0 Å². The molecule has 6 nitrogen and oxygen atoms in total. The third-order valence-electron chi connectivity index (χ3n) is 4.88. The molecule has 1 heterocycles. The first-order chi connectivity index (χ1) is 15.0. The van der Waals surface area contributed by atoms with Crippen molar-refractivity contribution in [3.8, 4) is 0 Å². The van der Waals surface area contributed by atoms with Crippen LogP contribution in [-0.4, -0.2) is 28.1 Å². The monoisotopic (exact) mass is 436 g/mol. The lowest BCUT2D eigenvalue weighted by Crippen LogP contribution is -2.32. The Kier molecular flexibility index (Phi) is 8.29. The average Bonchev–Trinajstić information content (AvgIpc) is 3.24. The Balaban J connectivity index is 1.36. The number of anilines is 1. The number of aryl methyl sites for hydroxylation is 3. The maximum Gasteiger partial charge on any atom is 0.286 e. The van der Waals surface area contributed by atoms with Crippen molar-refractivity contribution in [1.82, 2.24) is 15.5 Å². The fraction of sp³-hybridized carbons (Fsp3) is 0.333. The number of carbonyl (C=O) groups excluding carboxylic acids is 2. The molecule has 1 aromatic heterocycles. The first-order valence-corrected chi connectivity index (χ1v) is 11.3. The summed E-state index contributed by atoms with van der Waals surface area (Å²) in [6.07, 6.45) is 3.58. The smallest absolute Gasteiger partial charge is 0.286 e. The van der Waals surface area contributed by atoms with Crippen molar-refractivity contribution < 1.29 is 9.59 Å². The van der Waals surface area contributed by atoms with Gasteiger partial charge in [0.1, 0.15) is 5.01 Å². The van der Waals surface area contributed by atoms with Crippen LogP contribution in [0.1, 0.15) is 52.1 Å². The van der Waals surface area contributed by atoms with Crippen LogP contribution < -0.4 is 10.6 Å². The normalized spacial score (nSPS) is 11.7. The summed E-state index contributed by atoms with van der Waals surface area (Å²) in [4.78, 5) is 24.5. The summed E-state index contributed by atoms with van der Waals surface area (Å²) >= 11 is 1.27. The van der Waals surface area contributed by atoms with Crippen molar-refractivity contribution in [3.63, 3.8) is 0 Å². The molecular weight excluding hydrogens is 408 g/mol. The minimum Gasteiger partial charge on any atom is -0.354 e. The first kappa shape index (κ1) is 22.6. The lowest BCUT2D eigenvalue weighted by atomic mass is 10.1. The first-order valence-electron chi connectivity index (χ1n) is 10.5. The van der Waals surface area contributed by atoms with Crippen LogP contribution in [0.3, 0.4) is 0 Å². The van der Waals surface area contributed by atoms with Crippen LogP contribution in [0.5, 0.6) is 0 Å². The minimum atomic E-state index is -0.266. The highest BCUT2D eigenvalue weighted by atomic mass is 32.1. The number of carbonyl (C=O) groups is 2. The summed E-state index contributed by atoms with van der Waals surface area (Å²) in [6.45, 7) is 4.03. The van der Waals surface area contributed by atoms with Crippen molar-refractivity contribution in [2.24, 2.45) is 0 Å². The number of benzene rings is 2. The van der Waals surface area contributed by atoms with Gasteiger partial charge in [0.15, 0.2) is 0 Å². The molecular formula is C24H28N4O2S. The molecule has 0 radical (unpaired) electrons. The number of nitrogens with one attached hydrogen (secondary N) is 2. The predicted molar refractivity (Wildman–Crippen MR) is 124 cm³/mol. The molecule has 1 unspecified atom stereocenters. The van der Waals surface area contributed by atoms with Crippen molar-refractivity contribution in [2.45, 2.75) is 52.0 Å². The molecule has 0 saturated heterocycles. The van der Waals surface area contributed by atoms with E-state index in [1.54, 1.807) is 0 Å². The third kappa shape index (κ3) is 7.61. The van der Waals surface area contributed by atoms with E-state index < -0.39 is 0 Å². The van der Waals surface area contributed by atoms with E-state index in [0.29, 0.717) is 24.3 Å². The molecule has 1 atom stereocenters. The molecule has 2 amide bonds. The second-order valence-corrected chi connectivity index (χ2v) is 8.73. The van der Waals surface area contributed by atoms with Crippen LogP contribution in [0.2, 0.25) is 0 Å². The Morgan fingerprint density at radius 2 is 1.74 bits per heavy atom. The Labute approximate surface area is 187 Å². The van der Waals surface area contributed by atoms with Crippen molar-refractivity contribution in [2.75, 3.05) is 5.32 Å². The van der Waals surface area contributed by atoms with Gasteiger partial charge in [-0.25, -0.2) is 0 Å². The van der Waals surface area contributed by atoms with Gasteiger partial charge in [-0.1, -0.05) is 59.4 Å².